The maximum absolute atomic E-state index is 12.6. The van der Waals surface area contributed by atoms with Gasteiger partial charge in [0.1, 0.15) is 0 Å². The third-order valence-corrected chi connectivity index (χ3v) is 3.48. The predicted octanol–water partition coefficient (Wildman–Crippen LogP) is 3.91. The normalized spacial score (nSPS) is 11.5. The zero-order valence-electron chi connectivity index (χ0n) is 13.5. The van der Waals surface area contributed by atoms with Crippen LogP contribution in [0.5, 0.6) is 0 Å². The Morgan fingerprint density at radius 1 is 1.00 bits per heavy atom. The fourth-order valence-corrected chi connectivity index (χ4v) is 2.37. The van der Waals surface area contributed by atoms with Gasteiger partial charge in [-0.25, -0.2) is 4.79 Å². The van der Waals surface area contributed by atoms with Gasteiger partial charge in [0.15, 0.2) is 0 Å². The number of hydrogen-bond donors (Lipinski definition) is 1. The van der Waals surface area contributed by atoms with Gasteiger partial charge >= 0.3 is 5.97 Å². The molecule has 0 aliphatic heterocycles. The minimum Gasteiger partial charge on any atom is -0.462 e. The molecule has 2 aromatic rings. The average Bonchev–Trinajstić information content (AvgIpc) is 2.57. The molecular formula is C19H18ClNO3. The van der Waals surface area contributed by atoms with E-state index < -0.39 is 5.97 Å². The van der Waals surface area contributed by atoms with Gasteiger partial charge in [-0.05, 0) is 30.2 Å². The highest BCUT2D eigenvalue weighted by Gasteiger charge is 2.21. The van der Waals surface area contributed by atoms with E-state index in [4.69, 9.17) is 16.3 Å². The fourth-order valence-electron chi connectivity index (χ4n) is 2.24. The first-order chi connectivity index (χ1) is 11.5. The number of benzene rings is 2. The highest BCUT2D eigenvalue weighted by molar-refractivity contribution is 6.31. The van der Waals surface area contributed by atoms with Gasteiger partial charge in [0.2, 0.25) is 5.91 Å². The maximum atomic E-state index is 12.6. The second kappa shape index (κ2) is 8.31. The Bertz CT molecular complexity index is 752. The van der Waals surface area contributed by atoms with Crippen molar-refractivity contribution >= 4 is 34.7 Å². The monoisotopic (exact) mass is 343 g/mol. The number of rotatable bonds is 5. The number of halogens is 1. The van der Waals surface area contributed by atoms with Crippen LogP contribution in [0.1, 0.15) is 25.0 Å². The standard InChI is InChI=1S/C19H18ClNO3/c1-3-24-19(23)17(14-9-11-16(20)12-10-14)18(21-13(2)22)15-7-5-4-6-8-15/h4-12H,3H2,1-2H3,(H,21,22)/b18-17+. The van der Waals surface area contributed by atoms with E-state index in [0.29, 0.717) is 21.8 Å². The van der Waals surface area contributed by atoms with Crippen molar-refractivity contribution in [2.45, 2.75) is 13.8 Å². The molecule has 0 radical (unpaired) electrons. The topological polar surface area (TPSA) is 55.4 Å². The molecule has 0 fully saturated rings. The van der Waals surface area contributed by atoms with Crippen LogP contribution in [-0.4, -0.2) is 18.5 Å². The quantitative estimate of drug-likeness (QED) is 0.509. The van der Waals surface area contributed by atoms with Crippen molar-refractivity contribution in [2.24, 2.45) is 0 Å². The molecule has 0 unspecified atom stereocenters. The SMILES string of the molecule is CCOC(=O)/C(=C(/NC(C)=O)c1ccccc1)c1ccc(Cl)cc1. The second-order valence-electron chi connectivity index (χ2n) is 5.02. The zero-order chi connectivity index (χ0) is 17.5. The first-order valence-electron chi connectivity index (χ1n) is 7.53. The smallest absolute Gasteiger partial charge is 0.340 e. The van der Waals surface area contributed by atoms with Crippen molar-refractivity contribution in [3.05, 3.63) is 70.7 Å². The summed E-state index contributed by atoms with van der Waals surface area (Å²) in [6.45, 7) is 3.36. The maximum Gasteiger partial charge on any atom is 0.340 e. The van der Waals surface area contributed by atoms with E-state index in [1.54, 1.807) is 31.2 Å². The first-order valence-corrected chi connectivity index (χ1v) is 7.91. The molecule has 0 aliphatic rings. The summed E-state index contributed by atoms with van der Waals surface area (Å²) in [7, 11) is 0. The number of carbonyl (C=O) groups excluding carboxylic acids is 2. The zero-order valence-corrected chi connectivity index (χ0v) is 14.3. The Morgan fingerprint density at radius 2 is 1.62 bits per heavy atom. The molecule has 0 heterocycles. The molecule has 0 aliphatic carbocycles. The van der Waals surface area contributed by atoms with Crippen molar-refractivity contribution in [2.75, 3.05) is 6.61 Å². The Labute approximate surface area is 146 Å². The molecule has 2 rings (SSSR count). The van der Waals surface area contributed by atoms with Crippen molar-refractivity contribution in [1.29, 1.82) is 0 Å². The van der Waals surface area contributed by atoms with E-state index >= 15 is 0 Å². The first kappa shape index (κ1) is 17.8. The number of amides is 1. The van der Waals surface area contributed by atoms with Gasteiger partial charge in [0.25, 0.3) is 0 Å². The average molecular weight is 344 g/mol. The summed E-state index contributed by atoms with van der Waals surface area (Å²) in [5.41, 5.74) is 2.02. The molecule has 1 N–H and O–H groups in total. The predicted molar refractivity (Wildman–Crippen MR) is 95.2 cm³/mol. The molecule has 0 saturated heterocycles. The van der Waals surface area contributed by atoms with Crippen LogP contribution in [0, 0.1) is 0 Å². The minimum absolute atomic E-state index is 0.234. The Balaban J connectivity index is 2.69. The summed E-state index contributed by atoms with van der Waals surface area (Å²) in [6, 6.07) is 16.0. The molecule has 2 aromatic carbocycles. The summed E-state index contributed by atoms with van der Waals surface area (Å²) in [6.07, 6.45) is 0. The van der Waals surface area contributed by atoms with E-state index in [2.05, 4.69) is 5.32 Å². The minimum atomic E-state index is -0.507. The van der Waals surface area contributed by atoms with E-state index in [0.717, 1.165) is 0 Å². The van der Waals surface area contributed by atoms with Crippen LogP contribution in [0.4, 0.5) is 0 Å². The van der Waals surface area contributed by atoms with Gasteiger partial charge in [0, 0.05) is 11.9 Å². The molecule has 0 atom stereocenters. The summed E-state index contributed by atoms with van der Waals surface area (Å²) >= 11 is 5.94. The number of carbonyl (C=O) groups is 2. The van der Waals surface area contributed by atoms with Gasteiger partial charge in [-0.1, -0.05) is 54.1 Å². The third kappa shape index (κ3) is 4.46. The van der Waals surface area contributed by atoms with Crippen molar-refractivity contribution in [3.63, 3.8) is 0 Å². The fraction of sp³-hybridized carbons (Fsp3) is 0.158. The van der Waals surface area contributed by atoms with Crippen LogP contribution in [0.2, 0.25) is 5.02 Å². The van der Waals surface area contributed by atoms with Crippen molar-refractivity contribution in [1.82, 2.24) is 5.32 Å². The van der Waals surface area contributed by atoms with Crippen LogP contribution >= 0.6 is 11.6 Å². The van der Waals surface area contributed by atoms with Gasteiger partial charge in [0.05, 0.1) is 17.9 Å². The van der Waals surface area contributed by atoms with Crippen molar-refractivity contribution < 1.29 is 14.3 Å². The number of nitrogens with one attached hydrogen (secondary N) is 1. The van der Waals surface area contributed by atoms with E-state index in [1.165, 1.54) is 6.92 Å². The number of hydrogen-bond acceptors (Lipinski definition) is 3. The Morgan fingerprint density at radius 3 is 2.17 bits per heavy atom. The molecule has 24 heavy (non-hydrogen) atoms. The van der Waals surface area contributed by atoms with Gasteiger partial charge in [-0.3, -0.25) is 4.79 Å². The third-order valence-electron chi connectivity index (χ3n) is 3.23. The largest absolute Gasteiger partial charge is 0.462 e. The Kier molecular flexibility index (Phi) is 6.15. The lowest BCUT2D eigenvalue weighted by Gasteiger charge is -2.16. The van der Waals surface area contributed by atoms with Gasteiger partial charge < -0.3 is 10.1 Å². The van der Waals surface area contributed by atoms with Crippen LogP contribution in [0.3, 0.4) is 0 Å². The van der Waals surface area contributed by atoms with E-state index in [1.807, 2.05) is 30.3 Å². The lowest BCUT2D eigenvalue weighted by molar-refractivity contribution is -0.136. The van der Waals surface area contributed by atoms with Crippen LogP contribution in [0.25, 0.3) is 11.3 Å². The molecule has 4 nitrogen and oxygen atoms in total. The van der Waals surface area contributed by atoms with Crippen LogP contribution in [-0.2, 0) is 14.3 Å². The second-order valence-corrected chi connectivity index (χ2v) is 5.46. The highest BCUT2D eigenvalue weighted by Crippen LogP contribution is 2.27. The molecule has 0 aromatic heterocycles. The molecule has 0 bridgehead atoms. The van der Waals surface area contributed by atoms with Crippen LogP contribution in [0.15, 0.2) is 54.6 Å². The van der Waals surface area contributed by atoms with Crippen LogP contribution < -0.4 is 5.32 Å². The van der Waals surface area contributed by atoms with E-state index in [9.17, 15) is 9.59 Å². The molecule has 5 heteroatoms. The van der Waals surface area contributed by atoms with Crippen molar-refractivity contribution in [3.8, 4) is 0 Å². The number of esters is 1. The molecule has 0 saturated carbocycles. The summed E-state index contributed by atoms with van der Waals surface area (Å²) in [5.74, 6) is -0.781. The lowest BCUT2D eigenvalue weighted by Crippen LogP contribution is -2.22. The Hall–Kier alpha value is -2.59. The molecule has 124 valence electrons. The van der Waals surface area contributed by atoms with Gasteiger partial charge in [-0.2, -0.15) is 0 Å². The summed E-state index contributed by atoms with van der Waals surface area (Å²) in [4.78, 5) is 24.2. The summed E-state index contributed by atoms with van der Waals surface area (Å²) < 4.78 is 5.19. The molecule has 0 spiro atoms. The van der Waals surface area contributed by atoms with E-state index in [-0.39, 0.29) is 18.1 Å². The van der Waals surface area contributed by atoms with Gasteiger partial charge in [-0.15, -0.1) is 0 Å². The lowest BCUT2D eigenvalue weighted by atomic mass is 9.99. The number of ether oxygens (including phenoxy) is 1. The molecular weight excluding hydrogens is 326 g/mol. The molecule has 1 amide bonds. The summed E-state index contributed by atoms with van der Waals surface area (Å²) in [5, 5.41) is 3.31. The highest BCUT2D eigenvalue weighted by atomic mass is 35.5.